The smallest absolute Gasteiger partial charge is 0.410 e. The molecule has 0 N–H and O–H groups in total. The molecule has 0 unspecified atom stereocenters. The quantitative estimate of drug-likeness (QED) is 0.853. The summed E-state index contributed by atoms with van der Waals surface area (Å²) in [6.45, 7) is 5.54. The molecular formula is C18H28N4O2. The minimum atomic E-state index is -0.114. The third-order valence-electron chi connectivity index (χ3n) is 6.42. The summed E-state index contributed by atoms with van der Waals surface area (Å²) < 4.78 is 7.21. The Bertz CT molecular complexity index is 600. The normalized spacial score (nSPS) is 30.9. The summed E-state index contributed by atoms with van der Waals surface area (Å²) in [5.41, 5.74) is 1.49. The predicted octanol–water partition coefficient (Wildman–Crippen LogP) is 2.36. The number of ether oxygens (including phenoxy) is 1. The van der Waals surface area contributed by atoms with E-state index in [1.54, 1.807) is 0 Å². The molecule has 3 aliphatic rings. The van der Waals surface area contributed by atoms with Crippen LogP contribution in [0.3, 0.4) is 0 Å². The van der Waals surface area contributed by atoms with Crippen LogP contribution in [0, 0.1) is 0 Å². The number of carbonyl (C=O) groups excluding carboxylic acids is 1. The summed E-state index contributed by atoms with van der Waals surface area (Å²) in [6.07, 6.45) is 7.61. The molecule has 0 bridgehead atoms. The highest BCUT2D eigenvalue weighted by Gasteiger charge is 2.57. The van der Waals surface area contributed by atoms with Gasteiger partial charge in [0.15, 0.2) is 0 Å². The number of piperidine rings is 1. The SMILES string of the molecule is CCOC(=O)N1CCC12CC(N1CCC(c3ccnn3C)CC1)C2. The van der Waals surface area contributed by atoms with E-state index in [0.29, 0.717) is 18.6 Å². The summed E-state index contributed by atoms with van der Waals surface area (Å²) in [4.78, 5) is 16.6. The largest absolute Gasteiger partial charge is 0.450 e. The highest BCUT2D eigenvalue weighted by molar-refractivity contribution is 5.70. The average molecular weight is 332 g/mol. The van der Waals surface area contributed by atoms with Crippen molar-refractivity contribution in [1.82, 2.24) is 19.6 Å². The van der Waals surface area contributed by atoms with Crippen LogP contribution in [0.1, 0.15) is 50.6 Å². The van der Waals surface area contributed by atoms with Gasteiger partial charge in [0.05, 0.1) is 12.1 Å². The zero-order chi connectivity index (χ0) is 16.7. The summed E-state index contributed by atoms with van der Waals surface area (Å²) >= 11 is 0. The number of hydrogen-bond acceptors (Lipinski definition) is 4. The van der Waals surface area contributed by atoms with Crippen molar-refractivity contribution in [3.63, 3.8) is 0 Å². The fraction of sp³-hybridized carbons (Fsp3) is 0.778. The highest BCUT2D eigenvalue weighted by atomic mass is 16.6. The molecule has 2 saturated heterocycles. The van der Waals surface area contributed by atoms with Gasteiger partial charge in [-0.3, -0.25) is 4.68 Å². The van der Waals surface area contributed by atoms with Gasteiger partial charge in [0.2, 0.25) is 0 Å². The number of aromatic nitrogens is 2. The van der Waals surface area contributed by atoms with E-state index in [0.717, 1.165) is 38.9 Å². The van der Waals surface area contributed by atoms with Gasteiger partial charge in [-0.25, -0.2) is 4.79 Å². The maximum atomic E-state index is 12.0. The molecule has 1 spiro atoms. The fourth-order valence-corrected chi connectivity index (χ4v) is 4.87. The number of hydrogen-bond donors (Lipinski definition) is 0. The van der Waals surface area contributed by atoms with E-state index in [1.165, 1.54) is 18.5 Å². The first-order valence-electron chi connectivity index (χ1n) is 9.29. The van der Waals surface area contributed by atoms with Crippen molar-refractivity contribution >= 4 is 6.09 Å². The molecule has 1 aromatic heterocycles. The van der Waals surface area contributed by atoms with Crippen LogP contribution in [-0.4, -0.2) is 63.5 Å². The molecule has 132 valence electrons. The van der Waals surface area contributed by atoms with Gasteiger partial charge in [0, 0.05) is 37.4 Å². The second-order valence-corrected chi connectivity index (χ2v) is 7.58. The van der Waals surface area contributed by atoms with Crippen molar-refractivity contribution in [2.75, 3.05) is 26.2 Å². The summed E-state index contributed by atoms with van der Waals surface area (Å²) in [5.74, 6) is 0.641. The highest BCUT2D eigenvalue weighted by Crippen LogP contribution is 2.50. The molecule has 1 amide bonds. The number of aryl methyl sites for hydroxylation is 1. The molecule has 6 heteroatoms. The van der Waals surface area contributed by atoms with Crippen molar-refractivity contribution < 1.29 is 9.53 Å². The van der Waals surface area contributed by atoms with Crippen LogP contribution in [0.5, 0.6) is 0 Å². The zero-order valence-corrected chi connectivity index (χ0v) is 14.8. The van der Waals surface area contributed by atoms with Gasteiger partial charge in [-0.1, -0.05) is 0 Å². The van der Waals surface area contributed by atoms with Crippen LogP contribution in [-0.2, 0) is 11.8 Å². The Hall–Kier alpha value is -1.56. The van der Waals surface area contributed by atoms with Gasteiger partial charge >= 0.3 is 6.09 Å². The van der Waals surface area contributed by atoms with Crippen LogP contribution >= 0.6 is 0 Å². The lowest BCUT2D eigenvalue weighted by Crippen LogP contribution is -2.72. The topological polar surface area (TPSA) is 50.6 Å². The monoisotopic (exact) mass is 332 g/mol. The van der Waals surface area contributed by atoms with Crippen LogP contribution in [0.15, 0.2) is 12.3 Å². The van der Waals surface area contributed by atoms with Gasteiger partial charge in [-0.15, -0.1) is 0 Å². The molecule has 1 aromatic rings. The number of carbonyl (C=O) groups is 1. The first kappa shape index (κ1) is 15.9. The molecule has 0 radical (unpaired) electrons. The molecule has 3 fully saturated rings. The molecule has 1 saturated carbocycles. The van der Waals surface area contributed by atoms with Gasteiger partial charge in [-0.2, -0.15) is 5.10 Å². The lowest BCUT2D eigenvalue weighted by Gasteiger charge is -2.63. The van der Waals surface area contributed by atoms with Crippen molar-refractivity contribution in [1.29, 1.82) is 0 Å². The molecule has 1 aliphatic carbocycles. The Balaban J connectivity index is 1.28. The van der Waals surface area contributed by atoms with Crippen molar-refractivity contribution in [3.05, 3.63) is 18.0 Å². The molecule has 2 aliphatic heterocycles. The molecule has 0 aromatic carbocycles. The molecule has 0 atom stereocenters. The van der Waals surface area contributed by atoms with Crippen LogP contribution < -0.4 is 0 Å². The van der Waals surface area contributed by atoms with Gasteiger partial charge in [0.25, 0.3) is 0 Å². The second-order valence-electron chi connectivity index (χ2n) is 7.58. The maximum absolute atomic E-state index is 12.0. The molecule has 24 heavy (non-hydrogen) atoms. The van der Waals surface area contributed by atoms with Crippen LogP contribution in [0.4, 0.5) is 4.79 Å². The molecular weight excluding hydrogens is 304 g/mol. The molecule has 3 heterocycles. The van der Waals surface area contributed by atoms with Gasteiger partial charge in [0.1, 0.15) is 0 Å². The average Bonchev–Trinajstić information content (AvgIpc) is 2.92. The Morgan fingerprint density at radius 2 is 2.08 bits per heavy atom. The third kappa shape index (κ3) is 2.51. The van der Waals surface area contributed by atoms with Crippen molar-refractivity contribution in [2.45, 2.75) is 56.5 Å². The van der Waals surface area contributed by atoms with Crippen LogP contribution in [0.25, 0.3) is 0 Å². The Morgan fingerprint density at radius 3 is 2.62 bits per heavy atom. The summed E-state index contributed by atoms with van der Waals surface area (Å²) in [7, 11) is 2.04. The van der Waals surface area contributed by atoms with Crippen molar-refractivity contribution in [3.8, 4) is 0 Å². The predicted molar refractivity (Wildman–Crippen MR) is 90.9 cm³/mol. The number of amides is 1. The van der Waals surface area contributed by atoms with Gasteiger partial charge in [-0.05, 0) is 58.2 Å². The van der Waals surface area contributed by atoms with Gasteiger partial charge < -0.3 is 14.5 Å². The summed E-state index contributed by atoms with van der Waals surface area (Å²) in [6, 6.07) is 2.80. The minimum absolute atomic E-state index is 0.114. The maximum Gasteiger partial charge on any atom is 0.410 e. The number of rotatable bonds is 3. The van der Waals surface area contributed by atoms with E-state index in [-0.39, 0.29) is 11.6 Å². The minimum Gasteiger partial charge on any atom is -0.450 e. The Labute approximate surface area is 143 Å². The third-order valence-corrected chi connectivity index (χ3v) is 6.42. The Morgan fingerprint density at radius 1 is 1.33 bits per heavy atom. The fourth-order valence-electron chi connectivity index (χ4n) is 4.87. The number of nitrogens with zero attached hydrogens (tertiary/aromatic N) is 4. The van der Waals surface area contributed by atoms with E-state index in [4.69, 9.17) is 4.74 Å². The molecule has 6 nitrogen and oxygen atoms in total. The number of likely N-dealkylation sites (tertiary alicyclic amines) is 2. The molecule has 4 rings (SSSR count). The zero-order valence-electron chi connectivity index (χ0n) is 14.8. The van der Waals surface area contributed by atoms with Crippen LogP contribution in [0.2, 0.25) is 0 Å². The Kier molecular flexibility index (Phi) is 4.03. The van der Waals surface area contributed by atoms with Crippen molar-refractivity contribution in [2.24, 2.45) is 7.05 Å². The van der Waals surface area contributed by atoms with E-state index in [1.807, 2.05) is 29.7 Å². The lowest BCUT2D eigenvalue weighted by atomic mass is 9.64. The standard InChI is InChI=1S/C18H28N4O2/c1-3-24-17(23)22-11-7-18(22)12-15(13-18)21-9-5-14(6-10-21)16-4-8-19-20(16)2/h4,8,14-15H,3,5-7,9-13H2,1-2H3. The second kappa shape index (κ2) is 6.06. The summed E-state index contributed by atoms with van der Waals surface area (Å²) in [5, 5.41) is 4.30. The van der Waals surface area contributed by atoms with E-state index in [2.05, 4.69) is 16.1 Å². The lowest BCUT2D eigenvalue weighted by molar-refractivity contribution is -0.106. The first-order valence-corrected chi connectivity index (χ1v) is 9.29. The van der Waals surface area contributed by atoms with E-state index in [9.17, 15) is 4.79 Å². The first-order chi connectivity index (χ1) is 11.6. The van der Waals surface area contributed by atoms with E-state index < -0.39 is 0 Å². The van der Waals surface area contributed by atoms with E-state index >= 15 is 0 Å².